The van der Waals surface area contributed by atoms with Gasteiger partial charge in [0.25, 0.3) is 0 Å². The van der Waals surface area contributed by atoms with Gasteiger partial charge in [-0.2, -0.15) is 0 Å². The van der Waals surface area contributed by atoms with Gasteiger partial charge in [0, 0.05) is 6.42 Å². The van der Waals surface area contributed by atoms with Crippen molar-refractivity contribution in [3.63, 3.8) is 0 Å². The number of hydrogen-bond acceptors (Lipinski definition) is 2. The molecule has 2 heterocycles. The van der Waals surface area contributed by atoms with Gasteiger partial charge >= 0.3 is 0 Å². The van der Waals surface area contributed by atoms with Crippen LogP contribution < -0.4 is 0 Å². The predicted molar refractivity (Wildman–Crippen MR) is 49.1 cm³/mol. The monoisotopic (exact) mass is 183 g/mol. The molecule has 1 unspecified atom stereocenters. The van der Waals surface area contributed by atoms with E-state index in [1.807, 2.05) is 18.7 Å². The van der Waals surface area contributed by atoms with Gasteiger partial charge in [-0.25, -0.2) is 0 Å². The van der Waals surface area contributed by atoms with Crippen molar-refractivity contribution in [2.24, 2.45) is 0 Å². The standard InChI is InChI=1S/C10H17NO2/c1-9(2)7-5-6-8(12)11(7)10(3,4)13-9/h7H,5-6H2,1-4H3. The van der Waals surface area contributed by atoms with Crippen molar-refractivity contribution >= 4 is 5.91 Å². The molecule has 0 aromatic rings. The minimum atomic E-state index is -0.415. The molecular weight excluding hydrogens is 166 g/mol. The maximum absolute atomic E-state index is 11.6. The Kier molecular flexibility index (Phi) is 1.57. The van der Waals surface area contributed by atoms with Crippen LogP contribution in [0.25, 0.3) is 0 Å². The van der Waals surface area contributed by atoms with E-state index in [2.05, 4.69) is 13.8 Å². The van der Waals surface area contributed by atoms with E-state index in [-0.39, 0.29) is 17.6 Å². The highest BCUT2D eigenvalue weighted by atomic mass is 16.6. The quantitative estimate of drug-likeness (QED) is 0.570. The molecule has 0 bridgehead atoms. The van der Waals surface area contributed by atoms with Crippen molar-refractivity contribution in [2.45, 2.75) is 57.9 Å². The number of amides is 1. The highest BCUT2D eigenvalue weighted by Gasteiger charge is 2.56. The second kappa shape index (κ2) is 2.27. The van der Waals surface area contributed by atoms with Gasteiger partial charge in [-0.3, -0.25) is 4.79 Å². The van der Waals surface area contributed by atoms with Crippen LogP contribution in [0.4, 0.5) is 0 Å². The maximum Gasteiger partial charge on any atom is 0.225 e. The fourth-order valence-electron chi connectivity index (χ4n) is 2.78. The first-order chi connectivity index (χ1) is 5.84. The van der Waals surface area contributed by atoms with E-state index >= 15 is 0 Å². The zero-order valence-corrected chi connectivity index (χ0v) is 8.76. The van der Waals surface area contributed by atoms with Crippen molar-refractivity contribution in [3.8, 4) is 0 Å². The lowest BCUT2D eigenvalue weighted by molar-refractivity contribution is -0.147. The molecule has 74 valence electrons. The predicted octanol–water partition coefficient (Wildman–Crippen LogP) is 1.52. The first-order valence-electron chi connectivity index (χ1n) is 4.87. The highest BCUT2D eigenvalue weighted by Crippen LogP contribution is 2.44. The van der Waals surface area contributed by atoms with Gasteiger partial charge in [0.15, 0.2) is 0 Å². The summed E-state index contributed by atoms with van der Waals surface area (Å²) in [5.74, 6) is 0.237. The third kappa shape index (κ3) is 1.10. The van der Waals surface area contributed by atoms with Crippen LogP contribution in [0.5, 0.6) is 0 Å². The van der Waals surface area contributed by atoms with Crippen molar-refractivity contribution in [1.82, 2.24) is 4.90 Å². The lowest BCUT2D eigenvalue weighted by atomic mass is 9.98. The number of nitrogens with zero attached hydrogens (tertiary/aromatic N) is 1. The summed E-state index contributed by atoms with van der Waals surface area (Å²) in [5.41, 5.74) is -0.600. The van der Waals surface area contributed by atoms with Crippen LogP contribution in [-0.4, -0.2) is 28.2 Å². The molecule has 2 aliphatic rings. The number of carbonyl (C=O) groups is 1. The Hall–Kier alpha value is -0.570. The average molecular weight is 183 g/mol. The van der Waals surface area contributed by atoms with Crippen LogP contribution >= 0.6 is 0 Å². The average Bonchev–Trinajstić information content (AvgIpc) is 2.35. The number of rotatable bonds is 0. The van der Waals surface area contributed by atoms with Gasteiger partial charge in [-0.1, -0.05) is 0 Å². The van der Waals surface area contributed by atoms with E-state index in [9.17, 15) is 4.79 Å². The molecular formula is C10H17NO2. The molecule has 2 aliphatic heterocycles. The molecule has 1 atom stereocenters. The van der Waals surface area contributed by atoms with Gasteiger partial charge in [-0.15, -0.1) is 0 Å². The van der Waals surface area contributed by atoms with Gasteiger partial charge in [0.05, 0.1) is 11.6 Å². The van der Waals surface area contributed by atoms with Crippen molar-refractivity contribution in [1.29, 1.82) is 0 Å². The van der Waals surface area contributed by atoms with Crippen LogP contribution in [0.15, 0.2) is 0 Å². The molecule has 0 radical (unpaired) electrons. The summed E-state index contributed by atoms with van der Waals surface area (Å²) >= 11 is 0. The molecule has 0 N–H and O–H groups in total. The van der Waals surface area contributed by atoms with E-state index < -0.39 is 5.72 Å². The van der Waals surface area contributed by atoms with E-state index in [1.165, 1.54) is 0 Å². The van der Waals surface area contributed by atoms with Gasteiger partial charge in [-0.05, 0) is 34.1 Å². The van der Waals surface area contributed by atoms with Crippen LogP contribution in [0.2, 0.25) is 0 Å². The minimum Gasteiger partial charge on any atom is -0.348 e. The Morgan fingerprint density at radius 2 is 2.00 bits per heavy atom. The number of carbonyl (C=O) groups excluding carboxylic acids is 1. The maximum atomic E-state index is 11.6. The zero-order valence-electron chi connectivity index (χ0n) is 8.76. The van der Waals surface area contributed by atoms with E-state index in [0.29, 0.717) is 6.42 Å². The smallest absolute Gasteiger partial charge is 0.225 e. The lowest BCUT2D eigenvalue weighted by Gasteiger charge is -2.28. The summed E-state index contributed by atoms with van der Waals surface area (Å²) in [6.45, 7) is 8.08. The minimum absolute atomic E-state index is 0.185. The molecule has 0 aromatic heterocycles. The van der Waals surface area contributed by atoms with Crippen LogP contribution in [-0.2, 0) is 9.53 Å². The second-order valence-corrected chi connectivity index (χ2v) is 4.97. The molecule has 13 heavy (non-hydrogen) atoms. The summed E-state index contributed by atoms with van der Waals surface area (Å²) in [7, 11) is 0. The van der Waals surface area contributed by atoms with E-state index in [4.69, 9.17) is 4.74 Å². The molecule has 3 nitrogen and oxygen atoms in total. The van der Waals surface area contributed by atoms with Crippen molar-refractivity contribution in [3.05, 3.63) is 0 Å². The summed E-state index contributed by atoms with van der Waals surface area (Å²) in [4.78, 5) is 13.5. The Morgan fingerprint density at radius 1 is 1.38 bits per heavy atom. The normalized spacial score (nSPS) is 35.2. The summed E-state index contributed by atoms with van der Waals surface area (Å²) in [6.07, 6.45) is 1.62. The molecule has 0 spiro atoms. The number of ether oxygens (including phenoxy) is 1. The fourth-order valence-corrected chi connectivity index (χ4v) is 2.78. The first kappa shape index (κ1) is 9.00. The van der Waals surface area contributed by atoms with Gasteiger partial charge in [0.2, 0.25) is 5.91 Å². The van der Waals surface area contributed by atoms with Gasteiger partial charge in [0.1, 0.15) is 5.72 Å². The Morgan fingerprint density at radius 3 is 2.54 bits per heavy atom. The highest BCUT2D eigenvalue weighted by molar-refractivity contribution is 5.80. The Bertz CT molecular complexity index is 258. The van der Waals surface area contributed by atoms with E-state index in [0.717, 1.165) is 6.42 Å². The van der Waals surface area contributed by atoms with Crippen molar-refractivity contribution < 1.29 is 9.53 Å². The largest absolute Gasteiger partial charge is 0.348 e. The molecule has 0 aliphatic carbocycles. The van der Waals surface area contributed by atoms with Crippen molar-refractivity contribution in [2.75, 3.05) is 0 Å². The third-order valence-corrected chi connectivity index (χ3v) is 3.11. The molecule has 2 rings (SSSR count). The van der Waals surface area contributed by atoms with Gasteiger partial charge < -0.3 is 9.64 Å². The topological polar surface area (TPSA) is 29.5 Å². The molecule has 1 amide bonds. The second-order valence-electron chi connectivity index (χ2n) is 4.97. The summed E-state index contributed by atoms with van der Waals surface area (Å²) in [5, 5.41) is 0. The Balaban J connectivity index is 2.38. The molecule has 3 heteroatoms. The Labute approximate surface area is 79.0 Å². The van der Waals surface area contributed by atoms with E-state index in [1.54, 1.807) is 0 Å². The number of fused-ring (bicyclic) bond motifs is 1. The molecule has 2 saturated heterocycles. The lowest BCUT2D eigenvalue weighted by Crippen LogP contribution is -2.43. The molecule has 0 saturated carbocycles. The van der Waals surface area contributed by atoms with Crippen LogP contribution in [0.3, 0.4) is 0 Å². The molecule has 2 fully saturated rings. The number of hydrogen-bond donors (Lipinski definition) is 0. The fraction of sp³-hybridized carbons (Fsp3) is 0.900. The van der Waals surface area contributed by atoms with Crippen LogP contribution in [0, 0.1) is 0 Å². The summed E-state index contributed by atoms with van der Waals surface area (Å²) < 4.78 is 5.88. The SMILES string of the molecule is CC1(C)OC(C)(C)N2C(=O)CCC21. The summed E-state index contributed by atoms with van der Waals surface area (Å²) in [6, 6.07) is 0.273. The molecule has 0 aromatic carbocycles. The first-order valence-corrected chi connectivity index (χ1v) is 4.87. The van der Waals surface area contributed by atoms with Crippen LogP contribution in [0.1, 0.15) is 40.5 Å². The zero-order chi connectivity index (χ0) is 9.85. The third-order valence-electron chi connectivity index (χ3n) is 3.11.